The largest absolute Gasteiger partial charge is 0.458 e. The summed E-state index contributed by atoms with van der Waals surface area (Å²) in [6, 6.07) is 7.03. The van der Waals surface area contributed by atoms with Gasteiger partial charge in [-0.15, -0.1) is 0 Å². The molecule has 2 unspecified atom stereocenters. The molecule has 0 radical (unpaired) electrons. The Morgan fingerprint density at radius 2 is 1.59 bits per heavy atom. The molecule has 150 valence electrons. The summed E-state index contributed by atoms with van der Waals surface area (Å²) in [6.07, 6.45) is 1.48. The fourth-order valence-corrected chi connectivity index (χ4v) is 5.96. The van der Waals surface area contributed by atoms with Crippen LogP contribution in [0.3, 0.4) is 0 Å². The summed E-state index contributed by atoms with van der Waals surface area (Å²) in [5.41, 5.74) is 0.130. The second kappa shape index (κ2) is 6.58. The van der Waals surface area contributed by atoms with Crippen molar-refractivity contribution in [3.8, 4) is 0 Å². The van der Waals surface area contributed by atoms with Gasteiger partial charge in [-0.1, -0.05) is 24.6 Å². The number of nitrogens with zero attached hydrogens (tertiary/aromatic N) is 1. The minimum atomic E-state index is -3.50. The van der Waals surface area contributed by atoms with E-state index in [1.165, 1.54) is 0 Å². The molecule has 0 aromatic heterocycles. The smallest absolute Gasteiger partial charge is 0.403 e. The van der Waals surface area contributed by atoms with Gasteiger partial charge in [-0.3, -0.25) is 0 Å². The maximum Gasteiger partial charge on any atom is 0.458 e. The normalized spacial score (nSPS) is 30.8. The molecule has 1 aromatic carbocycles. The Balaban J connectivity index is 1.76. The van der Waals surface area contributed by atoms with E-state index >= 15 is 0 Å². The van der Waals surface area contributed by atoms with Crippen molar-refractivity contribution in [3.05, 3.63) is 29.8 Å². The average molecular weight is 393 g/mol. The van der Waals surface area contributed by atoms with Crippen molar-refractivity contribution in [1.29, 1.82) is 0 Å². The van der Waals surface area contributed by atoms with Crippen LogP contribution in [0, 0.1) is 12.3 Å². The summed E-state index contributed by atoms with van der Waals surface area (Å²) in [6.45, 7) is 14.7. The maximum atomic E-state index is 13.2. The van der Waals surface area contributed by atoms with E-state index in [4.69, 9.17) is 9.31 Å². The maximum absolute atomic E-state index is 13.2. The molecule has 7 heteroatoms. The molecule has 0 N–H and O–H groups in total. The lowest BCUT2D eigenvalue weighted by atomic mass is 9.68. The van der Waals surface area contributed by atoms with E-state index in [-0.39, 0.29) is 29.8 Å². The quantitative estimate of drug-likeness (QED) is 0.729. The lowest BCUT2D eigenvalue weighted by Crippen LogP contribution is -2.41. The Bertz CT molecular complexity index is 790. The molecule has 2 saturated heterocycles. The number of hydrogen-bond donors (Lipinski definition) is 0. The molecule has 2 atom stereocenters. The molecular formula is C20H32BNO4S. The van der Waals surface area contributed by atoms with Gasteiger partial charge < -0.3 is 9.31 Å². The third-order valence-electron chi connectivity index (χ3n) is 6.41. The van der Waals surface area contributed by atoms with E-state index in [2.05, 4.69) is 6.92 Å². The predicted octanol–water partition coefficient (Wildman–Crippen LogP) is 3.88. The van der Waals surface area contributed by atoms with E-state index in [9.17, 15) is 8.42 Å². The first-order chi connectivity index (χ1) is 12.3. The number of benzene rings is 1. The fraction of sp³-hybridized carbons (Fsp3) is 0.700. The van der Waals surface area contributed by atoms with Crippen LogP contribution in [0.15, 0.2) is 29.2 Å². The predicted molar refractivity (Wildman–Crippen MR) is 108 cm³/mol. The zero-order valence-electron chi connectivity index (χ0n) is 17.6. The highest BCUT2D eigenvalue weighted by Crippen LogP contribution is 2.45. The highest BCUT2D eigenvalue weighted by Gasteiger charge is 2.54. The van der Waals surface area contributed by atoms with Crippen molar-refractivity contribution >= 4 is 17.1 Å². The van der Waals surface area contributed by atoms with Gasteiger partial charge in [0, 0.05) is 12.6 Å². The highest BCUT2D eigenvalue weighted by atomic mass is 32.2. The Hall–Kier alpha value is -0.885. The first kappa shape index (κ1) is 20.8. The zero-order chi connectivity index (χ0) is 20.3. The lowest BCUT2D eigenvalue weighted by Gasteiger charge is -2.32. The van der Waals surface area contributed by atoms with Crippen molar-refractivity contribution in [1.82, 2.24) is 4.31 Å². The summed E-state index contributed by atoms with van der Waals surface area (Å²) in [5, 5.41) is 0. The van der Waals surface area contributed by atoms with Crippen molar-refractivity contribution in [3.63, 3.8) is 0 Å². The second-order valence-electron chi connectivity index (χ2n) is 9.62. The van der Waals surface area contributed by atoms with Gasteiger partial charge in [-0.2, -0.15) is 4.31 Å². The number of hydrogen-bond acceptors (Lipinski definition) is 4. The SMILES string of the molecule is Cc1ccc(S(=O)(=O)N2CC(C)(CB3OC(C)(C)C(C)(C)O3)CC2C)cc1. The first-order valence-corrected chi connectivity index (χ1v) is 11.1. The van der Waals surface area contributed by atoms with Crippen molar-refractivity contribution in [2.75, 3.05) is 6.54 Å². The molecule has 5 nitrogen and oxygen atoms in total. The van der Waals surface area contributed by atoms with E-state index in [0.29, 0.717) is 17.8 Å². The topological polar surface area (TPSA) is 55.8 Å². The van der Waals surface area contributed by atoms with Crippen LogP contribution >= 0.6 is 0 Å². The van der Waals surface area contributed by atoms with E-state index < -0.39 is 10.0 Å². The molecule has 2 fully saturated rings. The van der Waals surface area contributed by atoms with E-state index in [0.717, 1.165) is 12.0 Å². The molecule has 0 saturated carbocycles. The molecule has 0 bridgehead atoms. The first-order valence-electron chi connectivity index (χ1n) is 9.70. The number of sulfonamides is 1. The molecule has 1 aromatic rings. The Morgan fingerprint density at radius 3 is 2.11 bits per heavy atom. The highest BCUT2D eigenvalue weighted by molar-refractivity contribution is 7.89. The molecule has 2 heterocycles. The van der Waals surface area contributed by atoms with Crippen LogP contribution in [0.2, 0.25) is 6.32 Å². The van der Waals surface area contributed by atoms with Gasteiger partial charge in [-0.25, -0.2) is 8.42 Å². The van der Waals surface area contributed by atoms with Crippen LogP contribution in [0.4, 0.5) is 0 Å². The van der Waals surface area contributed by atoms with Crippen LogP contribution < -0.4 is 0 Å². The van der Waals surface area contributed by atoms with Crippen LogP contribution in [0.25, 0.3) is 0 Å². The minimum Gasteiger partial charge on any atom is -0.403 e. The molecule has 0 spiro atoms. The molecular weight excluding hydrogens is 361 g/mol. The summed E-state index contributed by atoms with van der Waals surface area (Å²) in [7, 11) is -3.81. The summed E-state index contributed by atoms with van der Waals surface area (Å²) >= 11 is 0. The summed E-state index contributed by atoms with van der Waals surface area (Å²) < 4.78 is 40.3. The Kier molecular flexibility index (Phi) is 5.08. The van der Waals surface area contributed by atoms with Gasteiger partial charge in [0.05, 0.1) is 16.1 Å². The van der Waals surface area contributed by atoms with Gasteiger partial charge in [0.2, 0.25) is 10.0 Å². The van der Waals surface area contributed by atoms with Gasteiger partial charge in [-0.05, 0) is 71.8 Å². The van der Waals surface area contributed by atoms with Crippen LogP contribution in [-0.2, 0) is 19.3 Å². The van der Waals surface area contributed by atoms with Crippen molar-refractivity contribution < 1.29 is 17.7 Å². The van der Waals surface area contributed by atoms with Gasteiger partial charge in [0.1, 0.15) is 0 Å². The Labute approximate surface area is 164 Å². The van der Waals surface area contributed by atoms with Crippen molar-refractivity contribution in [2.24, 2.45) is 5.41 Å². The number of rotatable bonds is 4. The van der Waals surface area contributed by atoms with Crippen LogP contribution in [-0.4, -0.2) is 43.6 Å². The average Bonchev–Trinajstić information content (AvgIpc) is 2.91. The number of aryl methyl sites for hydroxylation is 1. The lowest BCUT2D eigenvalue weighted by molar-refractivity contribution is 0.00578. The molecule has 2 aliphatic rings. The zero-order valence-corrected chi connectivity index (χ0v) is 18.4. The standard InChI is InChI=1S/C20H32BNO4S/c1-15-8-10-17(11-9-15)27(23,24)22-14-20(7,12-16(22)2)13-21-25-18(3,4)19(5,6)26-21/h8-11,16H,12-14H2,1-7H3. The van der Waals surface area contributed by atoms with Crippen LogP contribution in [0.1, 0.15) is 53.5 Å². The molecule has 27 heavy (non-hydrogen) atoms. The fourth-order valence-electron chi connectivity index (χ4n) is 4.18. The monoisotopic (exact) mass is 393 g/mol. The van der Waals surface area contributed by atoms with E-state index in [1.54, 1.807) is 16.4 Å². The van der Waals surface area contributed by atoms with Crippen molar-refractivity contribution in [2.45, 2.75) is 83.3 Å². The third-order valence-corrected chi connectivity index (χ3v) is 8.38. The second-order valence-corrected chi connectivity index (χ2v) is 11.5. The molecule has 0 aliphatic carbocycles. The van der Waals surface area contributed by atoms with Gasteiger partial charge in [0.25, 0.3) is 0 Å². The molecule has 3 rings (SSSR count). The van der Waals surface area contributed by atoms with E-state index in [1.807, 2.05) is 53.7 Å². The minimum absolute atomic E-state index is 0.0521. The van der Waals surface area contributed by atoms with Gasteiger partial charge in [0.15, 0.2) is 0 Å². The van der Waals surface area contributed by atoms with Gasteiger partial charge >= 0.3 is 7.12 Å². The molecule has 0 amide bonds. The third kappa shape index (κ3) is 3.84. The summed E-state index contributed by atoms with van der Waals surface area (Å²) in [4.78, 5) is 0.361. The Morgan fingerprint density at radius 1 is 1.07 bits per heavy atom. The summed E-state index contributed by atoms with van der Waals surface area (Å²) in [5.74, 6) is 0. The molecule has 2 aliphatic heterocycles. The van der Waals surface area contributed by atoms with Crippen LogP contribution in [0.5, 0.6) is 0 Å².